The van der Waals surface area contributed by atoms with Crippen LogP contribution in [-0.2, 0) is 15.1 Å². The number of rotatable bonds is 3. The van der Waals surface area contributed by atoms with Gasteiger partial charge in [-0.3, -0.25) is 0 Å². The third kappa shape index (κ3) is 2.19. The minimum absolute atomic E-state index is 0.439. The molecule has 2 aromatic heterocycles. The molecular formula is C12H16N4O3S. The third-order valence-electron chi connectivity index (χ3n) is 3.53. The first-order valence-corrected chi connectivity index (χ1v) is 7.16. The minimum atomic E-state index is -0.524. The molecule has 0 aromatic carbocycles. The first-order chi connectivity index (χ1) is 9.64. The molecule has 0 aliphatic carbocycles. The fourth-order valence-corrected chi connectivity index (χ4v) is 3.09. The van der Waals surface area contributed by atoms with Crippen LogP contribution in [0.25, 0.3) is 10.8 Å². The topological polar surface area (TPSA) is 96.3 Å². The summed E-state index contributed by atoms with van der Waals surface area (Å²) in [5, 5.41) is 4.57. The highest BCUT2D eigenvalue weighted by Crippen LogP contribution is 2.36. The maximum Gasteiger partial charge on any atom is 0.270 e. The van der Waals surface area contributed by atoms with Crippen molar-refractivity contribution in [3.8, 4) is 10.8 Å². The van der Waals surface area contributed by atoms with Crippen LogP contribution in [0.1, 0.15) is 24.4 Å². The second-order valence-corrected chi connectivity index (χ2v) is 5.73. The summed E-state index contributed by atoms with van der Waals surface area (Å²) in [6.07, 6.45) is 1.43. The Labute approximate surface area is 120 Å². The average Bonchev–Trinajstić information content (AvgIpc) is 3.06. The van der Waals surface area contributed by atoms with Gasteiger partial charge in [0.15, 0.2) is 5.13 Å². The Hall–Kier alpha value is -1.51. The van der Waals surface area contributed by atoms with Gasteiger partial charge in [-0.15, -0.1) is 0 Å². The first kappa shape index (κ1) is 13.5. The van der Waals surface area contributed by atoms with Crippen molar-refractivity contribution >= 4 is 16.5 Å². The summed E-state index contributed by atoms with van der Waals surface area (Å²) in [4.78, 5) is 9.45. The molecule has 0 amide bonds. The number of nitrogens with two attached hydrogens (primary N) is 1. The molecule has 0 unspecified atom stereocenters. The van der Waals surface area contributed by atoms with Crippen molar-refractivity contribution < 1.29 is 14.0 Å². The van der Waals surface area contributed by atoms with Gasteiger partial charge in [0.25, 0.3) is 5.89 Å². The largest absolute Gasteiger partial charge is 0.381 e. The van der Waals surface area contributed by atoms with E-state index in [1.165, 1.54) is 11.3 Å². The fraction of sp³-hybridized carbons (Fsp3) is 0.583. The van der Waals surface area contributed by atoms with E-state index in [9.17, 15) is 0 Å². The van der Waals surface area contributed by atoms with E-state index in [4.69, 9.17) is 19.7 Å². The van der Waals surface area contributed by atoms with Crippen molar-refractivity contribution in [3.05, 3.63) is 11.5 Å². The summed E-state index contributed by atoms with van der Waals surface area (Å²) in [6, 6.07) is 0. The van der Waals surface area contributed by atoms with Crippen LogP contribution in [-0.4, -0.2) is 35.4 Å². The minimum Gasteiger partial charge on any atom is -0.381 e. The SMILES string of the molecule is COC1(c2noc(-c3sc(N)nc3C)n2)CCOCC1. The molecule has 1 fully saturated rings. The van der Waals surface area contributed by atoms with Gasteiger partial charge in [-0.05, 0) is 6.92 Å². The number of hydrogen-bond acceptors (Lipinski definition) is 8. The Bertz CT molecular complexity index is 604. The molecule has 7 nitrogen and oxygen atoms in total. The van der Waals surface area contributed by atoms with Crippen molar-refractivity contribution in [2.45, 2.75) is 25.4 Å². The van der Waals surface area contributed by atoms with E-state index >= 15 is 0 Å². The number of methoxy groups -OCH3 is 1. The lowest BCUT2D eigenvalue weighted by Gasteiger charge is -2.32. The van der Waals surface area contributed by atoms with Crippen molar-refractivity contribution in [2.75, 3.05) is 26.1 Å². The number of thiazole rings is 1. The molecule has 2 aromatic rings. The Balaban J connectivity index is 1.95. The van der Waals surface area contributed by atoms with Crippen LogP contribution in [0, 0.1) is 6.92 Å². The van der Waals surface area contributed by atoms with E-state index in [1.54, 1.807) is 7.11 Å². The molecule has 0 bridgehead atoms. The summed E-state index contributed by atoms with van der Waals surface area (Å²) in [5.74, 6) is 0.999. The fourth-order valence-electron chi connectivity index (χ4n) is 2.34. The van der Waals surface area contributed by atoms with E-state index in [0.717, 1.165) is 10.6 Å². The number of aryl methyl sites for hydroxylation is 1. The molecule has 2 N–H and O–H groups in total. The number of aromatic nitrogens is 3. The zero-order chi connectivity index (χ0) is 14.2. The first-order valence-electron chi connectivity index (χ1n) is 6.35. The summed E-state index contributed by atoms with van der Waals surface area (Å²) in [7, 11) is 1.66. The average molecular weight is 296 g/mol. The molecule has 108 valence electrons. The van der Waals surface area contributed by atoms with E-state index in [-0.39, 0.29) is 0 Å². The van der Waals surface area contributed by atoms with E-state index in [0.29, 0.717) is 42.9 Å². The Kier molecular flexibility index (Phi) is 3.45. The van der Waals surface area contributed by atoms with Crippen LogP contribution in [0.5, 0.6) is 0 Å². The van der Waals surface area contributed by atoms with Crippen molar-refractivity contribution in [2.24, 2.45) is 0 Å². The zero-order valence-electron chi connectivity index (χ0n) is 11.4. The lowest BCUT2D eigenvalue weighted by atomic mass is 9.93. The highest BCUT2D eigenvalue weighted by Gasteiger charge is 2.39. The van der Waals surface area contributed by atoms with Crippen LogP contribution >= 0.6 is 11.3 Å². The predicted octanol–water partition coefficient (Wildman–Crippen LogP) is 1.74. The van der Waals surface area contributed by atoms with Gasteiger partial charge in [-0.2, -0.15) is 4.98 Å². The van der Waals surface area contributed by atoms with Crippen LogP contribution < -0.4 is 5.73 Å². The molecule has 8 heteroatoms. The normalized spacial score (nSPS) is 18.3. The van der Waals surface area contributed by atoms with Crippen LogP contribution in [0.15, 0.2) is 4.52 Å². The Morgan fingerprint density at radius 2 is 2.05 bits per heavy atom. The maximum atomic E-state index is 5.69. The lowest BCUT2D eigenvalue weighted by Crippen LogP contribution is -2.36. The van der Waals surface area contributed by atoms with E-state index in [2.05, 4.69) is 15.1 Å². The molecule has 0 saturated carbocycles. The number of nitrogen functional groups attached to an aromatic ring is 1. The van der Waals surface area contributed by atoms with Gasteiger partial charge in [-0.25, -0.2) is 4.98 Å². The van der Waals surface area contributed by atoms with E-state index < -0.39 is 5.60 Å². The van der Waals surface area contributed by atoms with Gasteiger partial charge < -0.3 is 19.7 Å². The van der Waals surface area contributed by atoms with Gasteiger partial charge in [0.1, 0.15) is 10.5 Å². The molecule has 1 aliphatic rings. The Morgan fingerprint density at radius 3 is 2.65 bits per heavy atom. The van der Waals surface area contributed by atoms with Gasteiger partial charge in [0.05, 0.1) is 5.69 Å². The predicted molar refractivity (Wildman–Crippen MR) is 73.3 cm³/mol. The summed E-state index contributed by atoms with van der Waals surface area (Å²) < 4.78 is 16.4. The molecular weight excluding hydrogens is 280 g/mol. The van der Waals surface area contributed by atoms with Gasteiger partial charge in [0, 0.05) is 33.2 Å². The van der Waals surface area contributed by atoms with Crippen molar-refractivity contribution in [3.63, 3.8) is 0 Å². The second-order valence-electron chi connectivity index (χ2n) is 4.70. The van der Waals surface area contributed by atoms with Crippen LogP contribution in [0.4, 0.5) is 5.13 Å². The molecule has 0 atom stereocenters. The highest BCUT2D eigenvalue weighted by molar-refractivity contribution is 7.18. The third-order valence-corrected chi connectivity index (χ3v) is 4.51. The number of ether oxygens (including phenoxy) is 2. The van der Waals surface area contributed by atoms with Gasteiger partial charge >= 0.3 is 0 Å². The van der Waals surface area contributed by atoms with Crippen LogP contribution in [0.3, 0.4) is 0 Å². The molecule has 1 saturated heterocycles. The molecule has 3 heterocycles. The van der Waals surface area contributed by atoms with Crippen LogP contribution in [0.2, 0.25) is 0 Å². The smallest absolute Gasteiger partial charge is 0.270 e. The second kappa shape index (κ2) is 5.12. The Morgan fingerprint density at radius 1 is 1.30 bits per heavy atom. The van der Waals surface area contributed by atoms with Crippen molar-refractivity contribution in [1.82, 2.24) is 15.1 Å². The van der Waals surface area contributed by atoms with Gasteiger partial charge in [-0.1, -0.05) is 16.5 Å². The number of nitrogens with zero attached hydrogens (tertiary/aromatic N) is 3. The molecule has 20 heavy (non-hydrogen) atoms. The van der Waals surface area contributed by atoms with E-state index in [1.807, 2.05) is 6.92 Å². The molecule has 0 radical (unpaired) electrons. The highest BCUT2D eigenvalue weighted by atomic mass is 32.1. The zero-order valence-corrected chi connectivity index (χ0v) is 12.2. The summed E-state index contributed by atoms with van der Waals surface area (Å²) in [5.41, 5.74) is 5.96. The number of anilines is 1. The van der Waals surface area contributed by atoms with Crippen molar-refractivity contribution in [1.29, 1.82) is 0 Å². The molecule has 0 spiro atoms. The monoisotopic (exact) mass is 296 g/mol. The molecule has 1 aliphatic heterocycles. The summed E-state index contributed by atoms with van der Waals surface area (Å²) >= 11 is 1.34. The number of hydrogen-bond donors (Lipinski definition) is 1. The molecule has 3 rings (SSSR count). The quantitative estimate of drug-likeness (QED) is 0.921. The maximum absolute atomic E-state index is 5.69. The summed E-state index contributed by atoms with van der Waals surface area (Å²) in [6.45, 7) is 3.13. The van der Waals surface area contributed by atoms with Gasteiger partial charge in [0.2, 0.25) is 5.82 Å². The lowest BCUT2D eigenvalue weighted by molar-refractivity contribution is -0.101. The standard InChI is InChI=1S/C12H16N4O3S/c1-7-8(20-11(13)14-7)9-15-10(16-19-9)12(17-2)3-5-18-6-4-12/h3-6H2,1-2H3,(H2,13,14).